The highest BCUT2D eigenvalue weighted by atomic mass is 32.2. The highest BCUT2D eigenvalue weighted by molar-refractivity contribution is 7.99. The van der Waals surface area contributed by atoms with Crippen LogP contribution in [0.3, 0.4) is 0 Å². The molecule has 0 bridgehead atoms. The first-order chi connectivity index (χ1) is 9.09. The molecule has 0 aliphatic carbocycles. The van der Waals surface area contributed by atoms with Crippen molar-refractivity contribution in [2.75, 3.05) is 30.3 Å². The van der Waals surface area contributed by atoms with Crippen molar-refractivity contribution in [3.05, 3.63) is 27.9 Å². The molecule has 1 aromatic rings. The summed E-state index contributed by atoms with van der Waals surface area (Å²) in [6.45, 7) is 1.22. The number of carbonyl (C=O) groups excluding carboxylic acids is 1. The summed E-state index contributed by atoms with van der Waals surface area (Å²) >= 11 is 1.78. The Balaban J connectivity index is 2.31. The van der Waals surface area contributed by atoms with E-state index in [1.54, 1.807) is 16.7 Å². The number of nitro groups is 1. The average Bonchev–Trinajstić information content (AvgIpc) is 2.66. The lowest BCUT2D eigenvalue weighted by molar-refractivity contribution is -0.385. The lowest BCUT2D eigenvalue weighted by Crippen LogP contribution is -2.33. The molecule has 0 unspecified atom stereocenters. The third-order valence-electron chi connectivity index (χ3n) is 2.84. The molecule has 1 saturated heterocycles. The van der Waals surface area contributed by atoms with Crippen LogP contribution in [0.25, 0.3) is 0 Å². The summed E-state index contributed by atoms with van der Waals surface area (Å²) in [7, 11) is 0. The molecule has 0 atom stereocenters. The number of anilines is 1. The van der Waals surface area contributed by atoms with Crippen molar-refractivity contribution in [2.24, 2.45) is 0 Å². The molecular weight excluding hydrogens is 268 g/mol. The number of aromatic nitrogens is 1. The predicted molar refractivity (Wildman–Crippen MR) is 73.1 cm³/mol. The fourth-order valence-electron chi connectivity index (χ4n) is 1.90. The van der Waals surface area contributed by atoms with E-state index in [2.05, 4.69) is 4.98 Å². The molecule has 19 heavy (non-hydrogen) atoms. The highest BCUT2D eigenvalue weighted by Gasteiger charge is 2.26. The van der Waals surface area contributed by atoms with Crippen molar-refractivity contribution >= 4 is 29.2 Å². The summed E-state index contributed by atoms with van der Waals surface area (Å²) in [5.74, 6) is 1.62. The maximum atomic E-state index is 12.4. The summed E-state index contributed by atoms with van der Waals surface area (Å²) in [5.41, 5.74) is 5.24. The standard InChI is InChI=1S/C11H14N4O3S/c12-10-6-8(9(7-13-10)15(17)18)11(16)14-2-1-4-19-5-3-14/h6-7H,1-5H2,(H2,12,13). The Morgan fingerprint density at radius 3 is 3.00 bits per heavy atom. The van der Waals surface area contributed by atoms with E-state index in [-0.39, 0.29) is 23.0 Å². The predicted octanol–water partition coefficient (Wildman–Crippen LogP) is 1.15. The largest absolute Gasteiger partial charge is 0.384 e. The molecule has 8 heteroatoms. The van der Waals surface area contributed by atoms with E-state index in [1.807, 2.05) is 0 Å². The molecule has 102 valence electrons. The molecule has 0 radical (unpaired) electrons. The summed E-state index contributed by atoms with van der Waals surface area (Å²) in [4.78, 5) is 28.0. The molecule has 1 aliphatic heterocycles. The average molecular weight is 282 g/mol. The maximum absolute atomic E-state index is 12.4. The van der Waals surface area contributed by atoms with Crippen LogP contribution >= 0.6 is 11.8 Å². The minimum atomic E-state index is -0.605. The summed E-state index contributed by atoms with van der Waals surface area (Å²) in [6, 6.07) is 1.28. The van der Waals surface area contributed by atoms with Gasteiger partial charge in [-0.15, -0.1) is 0 Å². The van der Waals surface area contributed by atoms with Crippen molar-refractivity contribution in [1.82, 2.24) is 9.88 Å². The van der Waals surface area contributed by atoms with E-state index < -0.39 is 4.92 Å². The van der Waals surface area contributed by atoms with Crippen LogP contribution in [-0.2, 0) is 0 Å². The topological polar surface area (TPSA) is 102 Å². The Morgan fingerprint density at radius 1 is 1.47 bits per heavy atom. The molecule has 1 fully saturated rings. The number of nitrogen functional groups attached to an aromatic ring is 1. The van der Waals surface area contributed by atoms with Crippen LogP contribution in [0.4, 0.5) is 11.5 Å². The van der Waals surface area contributed by atoms with Gasteiger partial charge in [-0.05, 0) is 18.2 Å². The van der Waals surface area contributed by atoms with Gasteiger partial charge < -0.3 is 10.6 Å². The second kappa shape index (κ2) is 5.87. The number of amides is 1. The molecule has 0 aromatic carbocycles. The van der Waals surface area contributed by atoms with Gasteiger partial charge in [0.05, 0.1) is 4.92 Å². The number of nitrogens with zero attached hydrogens (tertiary/aromatic N) is 3. The lowest BCUT2D eigenvalue weighted by atomic mass is 10.2. The monoisotopic (exact) mass is 282 g/mol. The van der Waals surface area contributed by atoms with Gasteiger partial charge in [-0.3, -0.25) is 14.9 Å². The van der Waals surface area contributed by atoms with Crippen LogP contribution in [0.1, 0.15) is 16.8 Å². The van der Waals surface area contributed by atoms with Crippen LogP contribution in [0, 0.1) is 10.1 Å². The third-order valence-corrected chi connectivity index (χ3v) is 3.89. The fraction of sp³-hybridized carbons (Fsp3) is 0.455. The maximum Gasteiger partial charge on any atom is 0.300 e. The van der Waals surface area contributed by atoms with Gasteiger partial charge in [0.15, 0.2) is 0 Å². The minimum absolute atomic E-state index is 0.0180. The molecule has 0 saturated carbocycles. The van der Waals surface area contributed by atoms with E-state index in [4.69, 9.17) is 5.73 Å². The fourth-order valence-corrected chi connectivity index (χ4v) is 2.79. The zero-order valence-corrected chi connectivity index (χ0v) is 11.1. The first kappa shape index (κ1) is 13.6. The van der Waals surface area contributed by atoms with Crippen LogP contribution in [0.15, 0.2) is 12.3 Å². The first-order valence-corrected chi connectivity index (χ1v) is 7.02. The van der Waals surface area contributed by atoms with E-state index in [9.17, 15) is 14.9 Å². The van der Waals surface area contributed by atoms with Gasteiger partial charge >= 0.3 is 0 Å². The summed E-state index contributed by atoms with van der Waals surface area (Å²) < 4.78 is 0. The first-order valence-electron chi connectivity index (χ1n) is 5.86. The van der Waals surface area contributed by atoms with Crippen LogP contribution in [0.5, 0.6) is 0 Å². The van der Waals surface area contributed by atoms with Gasteiger partial charge in [0.25, 0.3) is 11.6 Å². The van der Waals surface area contributed by atoms with Crippen LogP contribution < -0.4 is 5.73 Å². The molecule has 0 spiro atoms. The number of thioether (sulfide) groups is 1. The molecule has 1 aromatic heterocycles. The minimum Gasteiger partial charge on any atom is -0.384 e. The quantitative estimate of drug-likeness (QED) is 0.644. The number of carbonyl (C=O) groups is 1. The number of hydrogen-bond donors (Lipinski definition) is 1. The van der Waals surface area contributed by atoms with Gasteiger partial charge in [0, 0.05) is 18.8 Å². The van der Waals surface area contributed by atoms with Crippen molar-refractivity contribution < 1.29 is 9.72 Å². The van der Waals surface area contributed by atoms with Gasteiger partial charge in [0.1, 0.15) is 17.6 Å². The Kier molecular flexibility index (Phi) is 4.20. The smallest absolute Gasteiger partial charge is 0.300 e. The second-order valence-corrected chi connectivity index (χ2v) is 5.37. The summed E-state index contributed by atoms with van der Waals surface area (Å²) in [5, 5.41) is 10.9. The zero-order valence-electron chi connectivity index (χ0n) is 10.2. The second-order valence-electron chi connectivity index (χ2n) is 4.14. The molecule has 1 amide bonds. The molecular formula is C11H14N4O3S. The molecule has 2 rings (SSSR count). The molecule has 7 nitrogen and oxygen atoms in total. The SMILES string of the molecule is Nc1cc(C(=O)N2CCCSCC2)c([N+](=O)[O-])cn1. The Bertz CT molecular complexity index is 501. The van der Waals surface area contributed by atoms with E-state index >= 15 is 0 Å². The number of pyridine rings is 1. The number of hydrogen-bond acceptors (Lipinski definition) is 6. The van der Waals surface area contributed by atoms with E-state index in [0.29, 0.717) is 13.1 Å². The van der Waals surface area contributed by atoms with Crippen molar-refractivity contribution in [3.63, 3.8) is 0 Å². The Labute approximate surface area is 114 Å². The highest BCUT2D eigenvalue weighted by Crippen LogP contribution is 2.22. The van der Waals surface area contributed by atoms with E-state index in [0.717, 1.165) is 24.1 Å². The van der Waals surface area contributed by atoms with E-state index in [1.165, 1.54) is 6.07 Å². The molecule has 1 aliphatic rings. The summed E-state index contributed by atoms with van der Waals surface area (Å²) in [6.07, 6.45) is 1.93. The normalized spacial score (nSPS) is 15.9. The van der Waals surface area contributed by atoms with Crippen LogP contribution in [-0.4, -0.2) is 45.3 Å². The number of nitrogens with two attached hydrogens (primary N) is 1. The van der Waals surface area contributed by atoms with Gasteiger partial charge in [-0.1, -0.05) is 0 Å². The van der Waals surface area contributed by atoms with Gasteiger partial charge in [-0.2, -0.15) is 11.8 Å². The Morgan fingerprint density at radius 2 is 2.26 bits per heavy atom. The van der Waals surface area contributed by atoms with Crippen molar-refractivity contribution in [1.29, 1.82) is 0 Å². The number of rotatable bonds is 2. The van der Waals surface area contributed by atoms with Crippen LogP contribution in [0.2, 0.25) is 0 Å². The van der Waals surface area contributed by atoms with Crippen molar-refractivity contribution in [3.8, 4) is 0 Å². The molecule has 2 heterocycles. The third kappa shape index (κ3) is 3.14. The molecule has 2 N–H and O–H groups in total. The lowest BCUT2D eigenvalue weighted by Gasteiger charge is -2.19. The Hall–Kier alpha value is -1.83. The van der Waals surface area contributed by atoms with Crippen molar-refractivity contribution in [2.45, 2.75) is 6.42 Å². The van der Waals surface area contributed by atoms with Gasteiger partial charge in [0.2, 0.25) is 0 Å². The zero-order chi connectivity index (χ0) is 13.8. The van der Waals surface area contributed by atoms with Gasteiger partial charge in [-0.25, -0.2) is 4.98 Å².